The molecule has 1 atom stereocenters. The second-order valence-corrected chi connectivity index (χ2v) is 4.58. The molecule has 0 radical (unpaired) electrons. The van der Waals surface area contributed by atoms with Crippen molar-refractivity contribution in [2.24, 2.45) is 5.92 Å². The van der Waals surface area contributed by atoms with Gasteiger partial charge in [-0.2, -0.15) is 0 Å². The highest BCUT2D eigenvalue weighted by molar-refractivity contribution is 5.47. The summed E-state index contributed by atoms with van der Waals surface area (Å²) in [5.41, 5.74) is 0. The quantitative estimate of drug-likeness (QED) is 0.629. The van der Waals surface area contributed by atoms with Crippen LogP contribution in [0.2, 0.25) is 0 Å². The molecule has 0 bridgehead atoms. The summed E-state index contributed by atoms with van der Waals surface area (Å²) in [5.74, 6) is 2.37. The van der Waals surface area contributed by atoms with Crippen LogP contribution >= 0.6 is 0 Å². The first-order valence-corrected chi connectivity index (χ1v) is 6.65. The number of nitrogens with zero attached hydrogens (tertiary/aromatic N) is 2. The van der Waals surface area contributed by atoms with E-state index in [9.17, 15) is 0 Å². The molecule has 0 aromatic carbocycles. The van der Waals surface area contributed by atoms with E-state index in [2.05, 4.69) is 27.5 Å². The van der Waals surface area contributed by atoms with Gasteiger partial charge in [-0.1, -0.05) is 13.8 Å². The fourth-order valence-electron chi connectivity index (χ4n) is 1.47. The van der Waals surface area contributed by atoms with E-state index >= 15 is 0 Å². The minimum atomic E-state index is 0.157. The molecule has 0 spiro atoms. The van der Waals surface area contributed by atoms with Gasteiger partial charge < -0.3 is 20.5 Å². The lowest BCUT2D eigenvalue weighted by atomic mass is 10.2. The highest BCUT2D eigenvalue weighted by Gasteiger charge is 2.06. The van der Waals surface area contributed by atoms with Gasteiger partial charge in [-0.25, -0.2) is 9.97 Å². The Kier molecular flexibility index (Phi) is 7.14. The molecule has 0 saturated heterocycles. The Morgan fingerprint density at radius 3 is 2.58 bits per heavy atom. The standard InChI is InChI=1S/C13H24N4O2/c1-4-5-14-11-6-12(15-7-10(2)8-18)17-13(16-11)9-19-3/h6,10,18H,4-5,7-9H2,1-3H3,(H2,14,15,16,17). The van der Waals surface area contributed by atoms with Crippen LogP contribution in [0.15, 0.2) is 6.07 Å². The van der Waals surface area contributed by atoms with Gasteiger partial charge in [0, 0.05) is 32.9 Å². The van der Waals surface area contributed by atoms with Crippen LogP contribution in [0, 0.1) is 5.92 Å². The molecule has 19 heavy (non-hydrogen) atoms. The Morgan fingerprint density at radius 2 is 2.00 bits per heavy atom. The summed E-state index contributed by atoms with van der Waals surface area (Å²) in [5, 5.41) is 15.5. The van der Waals surface area contributed by atoms with Crippen molar-refractivity contribution in [3.8, 4) is 0 Å². The van der Waals surface area contributed by atoms with E-state index in [0.29, 0.717) is 19.0 Å². The van der Waals surface area contributed by atoms with Crippen molar-refractivity contribution in [3.63, 3.8) is 0 Å². The first-order valence-electron chi connectivity index (χ1n) is 6.65. The molecule has 6 nitrogen and oxygen atoms in total. The van der Waals surface area contributed by atoms with E-state index in [-0.39, 0.29) is 12.5 Å². The average molecular weight is 268 g/mol. The largest absolute Gasteiger partial charge is 0.396 e. The third-order valence-electron chi connectivity index (χ3n) is 2.55. The number of aliphatic hydroxyl groups is 1. The van der Waals surface area contributed by atoms with E-state index in [1.54, 1.807) is 7.11 Å². The zero-order valence-corrected chi connectivity index (χ0v) is 11.9. The SMILES string of the molecule is CCCNc1cc(NCC(C)CO)nc(COC)n1. The molecule has 0 aliphatic heterocycles. The molecule has 1 rings (SSSR count). The van der Waals surface area contributed by atoms with Gasteiger partial charge in [0.1, 0.15) is 18.2 Å². The molecule has 0 fully saturated rings. The molecule has 0 aliphatic carbocycles. The smallest absolute Gasteiger partial charge is 0.158 e. The molecule has 0 aliphatic rings. The van der Waals surface area contributed by atoms with Crippen LogP contribution in [0.5, 0.6) is 0 Å². The van der Waals surface area contributed by atoms with E-state index in [4.69, 9.17) is 9.84 Å². The summed E-state index contributed by atoms with van der Waals surface area (Å²) in [7, 11) is 1.62. The minimum absolute atomic E-state index is 0.157. The fraction of sp³-hybridized carbons (Fsp3) is 0.692. The van der Waals surface area contributed by atoms with Crippen LogP contribution < -0.4 is 10.6 Å². The Balaban J connectivity index is 2.73. The molecule has 1 aromatic rings. The van der Waals surface area contributed by atoms with Crippen molar-refractivity contribution in [2.75, 3.05) is 37.4 Å². The van der Waals surface area contributed by atoms with Crippen molar-refractivity contribution in [3.05, 3.63) is 11.9 Å². The number of anilines is 2. The average Bonchev–Trinajstić information content (AvgIpc) is 2.42. The normalized spacial score (nSPS) is 12.2. The van der Waals surface area contributed by atoms with Gasteiger partial charge >= 0.3 is 0 Å². The predicted molar refractivity (Wildman–Crippen MR) is 76.3 cm³/mol. The molecule has 1 heterocycles. The molecule has 0 amide bonds. The second-order valence-electron chi connectivity index (χ2n) is 4.58. The molecule has 1 aromatic heterocycles. The van der Waals surface area contributed by atoms with E-state index in [1.165, 1.54) is 0 Å². The number of methoxy groups -OCH3 is 1. The number of hydrogen-bond acceptors (Lipinski definition) is 6. The lowest BCUT2D eigenvalue weighted by molar-refractivity contribution is 0.178. The van der Waals surface area contributed by atoms with E-state index < -0.39 is 0 Å². The highest BCUT2D eigenvalue weighted by Crippen LogP contribution is 2.12. The maximum absolute atomic E-state index is 9.02. The maximum Gasteiger partial charge on any atom is 0.158 e. The van der Waals surface area contributed by atoms with Crippen LogP contribution in [0.1, 0.15) is 26.1 Å². The predicted octanol–water partition coefficient (Wildman–Crippen LogP) is 1.49. The van der Waals surface area contributed by atoms with Crippen molar-refractivity contribution in [2.45, 2.75) is 26.9 Å². The van der Waals surface area contributed by atoms with Crippen molar-refractivity contribution < 1.29 is 9.84 Å². The minimum Gasteiger partial charge on any atom is -0.396 e. The number of ether oxygens (including phenoxy) is 1. The topological polar surface area (TPSA) is 79.3 Å². The van der Waals surface area contributed by atoms with Gasteiger partial charge in [-0.05, 0) is 12.3 Å². The van der Waals surface area contributed by atoms with Gasteiger partial charge in [-0.3, -0.25) is 0 Å². The molecule has 108 valence electrons. The number of aromatic nitrogens is 2. The number of hydrogen-bond donors (Lipinski definition) is 3. The third kappa shape index (κ3) is 5.85. The van der Waals surface area contributed by atoms with Crippen LogP contribution in [0.4, 0.5) is 11.6 Å². The van der Waals surface area contributed by atoms with Crippen molar-refractivity contribution in [1.82, 2.24) is 9.97 Å². The zero-order chi connectivity index (χ0) is 14.1. The molecular formula is C13H24N4O2. The first kappa shape index (κ1) is 15.7. The molecule has 6 heteroatoms. The molecule has 3 N–H and O–H groups in total. The Bertz CT molecular complexity index is 374. The Labute approximate surface area is 114 Å². The lowest BCUT2D eigenvalue weighted by Gasteiger charge is -2.13. The monoisotopic (exact) mass is 268 g/mol. The number of aliphatic hydroxyl groups excluding tert-OH is 1. The lowest BCUT2D eigenvalue weighted by Crippen LogP contribution is -2.16. The summed E-state index contributed by atoms with van der Waals surface area (Å²) in [6, 6.07) is 1.87. The maximum atomic E-state index is 9.02. The summed E-state index contributed by atoms with van der Waals surface area (Å²) in [4.78, 5) is 8.74. The zero-order valence-electron chi connectivity index (χ0n) is 11.9. The summed E-state index contributed by atoms with van der Waals surface area (Å²) < 4.78 is 5.07. The van der Waals surface area contributed by atoms with Gasteiger partial charge in [0.25, 0.3) is 0 Å². The van der Waals surface area contributed by atoms with E-state index in [0.717, 1.165) is 24.6 Å². The third-order valence-corrected chi connectivity index (χ3v) is 2.55. The van der Waals surface area contributed by atoms with Gasteiger partial charge in [0.15, 0.2) is 5.82 Å². The fourth-order valence-corrected chi connectivity index (χ4v) is 1.47. The van der Waals surface area contributed by atoms with E-state index in [1.807, 2.05) is 13.0 Å². The molecule has 0 saturated carbocycles. The summed E-state index contributed by atoms with van der Waals surface area (Å²) >= 11 is 0. The van der Waals surface area contributed by atoms with Crippen molar-refractivity contribution >= 4 is 11.6 Å². The van der Waals surface area contributed by atoms with Crippen LogP contribution in [0.3, 0.4) is 0 Å². The van der Waals surface area contributed by atoms with Gasteiger partial charge in [-0.15, -0.1) is 0 Å². The first-order chi connectivity index (χ1) is 9.19. The Hall–Kier alpha value is -1.40. The summed E-state index contributed by atoms with van der Waals surface area (Å²) in [6.45, 7) is 6.16. The van der Waals surface area contributed by atoms with Gasteiger partial charge in [0.2, 0.25) is 0 Å². The molecular weight excluding hydrogens is 244 g/mol. The highest BCUT2D eigenvalue weighted by atomic mass is 16.5. The van der Waals surface area contributed by atoms with Crippen LogP contribution in [-0.2, 0) is 11.3 Å². The second kappa shape index (κ2) is 8.66. The van der Waals surface area contributed by atoms with Gasteiger partial charge in [0.05, 0.1) is 0 Å². The number of rotatable bonds is 9. The van der Waals surface area contributed by atoms with Crippen LogP contribution in [0.25, 0.3) is 0 Å². The molecule has 1 unspecified atom stereocenters. The van der Waals surface area contributed by atoms with Crippen molar-refractivity contribution in [1.29, 1.82) is 0 Å². The Morgan fingerprint density at radius 1 is 1.32 bits per heavy atom. The summed E-state index contributed by atoms with van der Waals surface area (Å²) in [6.07, 6.45) is 1.04. The number of nitrogens with one attached hydrogen (secondary N) is 2. The van der Waals surface area contributed by atoms with Crippen LogP contribution in [-0.4, -0.2) is 41.9 Å².